The molecule has 1 aliphatic carbocycles. The molecule has 1 aromatic carbocycles. The highest BCUT2D eigenvalue weighted by Crippen LogP contribution is 2.40. The molecule has 0 bridgehead atoms. The molecule has 0 saturated heterocycles. The average Bonchev–Trinajstić information content (AvgIpc) is 3.14. The summed E-state index contributed by atoms with van der Waals surface area (Å²) in [5, 5.41) is 4.99. The van der Waals surface area contributed by atoms with Crippen molar-refractivity contribution in [3.8, 4) is 5.75 Å². The van der Waals surface area contributed by atoms with E-state index in [-0.39, 0.29) is 0 Å². The minimum atomic E-state index is 0.300. The molecule has 2 unspecified atom stereocenters. The fraction of sp³-hybridized carbons (Fsp3) is 0.600. The third-order valence-corrected chi connectivity index (χ3v) is 4.43. The predicted octanol–water partition coefficient (Wildman–Crippen LogP) is 4.60. The van der Waals surface area contributed by atoms with Crippen molar-refractivity contribution in [1.82, 2.24) is 5.32 Å². The zero-order chi connectivity index (χ0) is 13.4. The molecule has 1 saturated carbocycles. The Morgan fingerprint density at radius 1 is 1.32 bits per heavy atom. The van der Waals surface area contributed by atoms with Gasteiger partial charge in [0.25, 0.3) is 0 Å². The molecular formula is C15H19Cl2NO. The second kappa shape index (κ2) is 5.51. The molecule has 19 heavy (non-hydrogen) atoms. The summed E-state index contributed by atoms with van der Waals surface area (Å²) >= 11 is 12.3. The first-order valence-corrected chi connectivity index (χ1v) is 7.77. The summed E-state index contributed by atoms with van der Waals surface area (Å²) in [6.07, 6.45) is 5.03. The van der Waals surface area contributed by atoms with Crippen LogP contribution < -0.4 is 10.1 Å². The van der Waals surface area contributed by atoms with Crippen LogP contribution in [0.1, 0.15) is 44.2 Å². The highest BCUT2D eigenvalue weighted by molar-refractivity contribution is 6.35. The molecule has 1 N–H and O–H groups in total. The standard InChI is InChI=1S/C15H19Cl2NO/c1-9(6-10-2-3-10)18-14-4-5-19-15-12(14)7-11(16)8-13(15)17/h7-10,14,18H,2-6H2,1H3. The monoisotopic (exact) mass is 299 g/mol. The molecule has 2 nitrogen and oxygen atoms in total. The highest BCUT2D eigenvalue weighted by atomic mass is 35.5. The number of halogens is 2. The van der Waals surface area contributed by atoms with Gasteiger partial charge in [-0.05, 0) is 31.4 Å². The van der Waals surface area contributed by atoms with E-state index in [0.29, 0.717) is 28.7 Å². The number of hydrogen-bond acceptors (Lipinski definition) is 2. The van der Waals surface area contributed by atoms with Crippen LogP contribution in [0.2, 0.25) is 10.0 Å². The molecular weight excluding hydrogens is 281 g/mol. The van der Waals surface area contributed by atoms with E-state index in [2.05, 4.69) is 12.2 Å². The van der Waals surface area contributed by atoms with E-state index in [9.17, 15) is 0 Å². The fourth-order valence-electron chi connectivity index (χ4n) is 2.86. The lowest BCUT2D eigenvalue weighted by molar-refractivity contribution is 0.243. The molecule has 4 heteroatoms. The van der Waals surface area contributed by atoms with Crippen molar-refractivity contribution in [2.24, 2.45) is 5.92 Å². The predicted molar refractivity (Wildman–Crippen MR) is 79.3 cm³/mol. The zero-order valence-electron chi connectivity index (χ0n) is 11.1. The van der Waals surface area contributed by atoms with Crippen LogP contribution in [0.5, 0.6) is 5.75 Å². The van der Waals surface area contributed by atoms with Gasteiger partial charge in [0.2, 0.25) is 0 Å². The maximum atomic E-state index is 6.21. The molecule has 1 aromatic rings. The van der Waals surface area contributed by atoms with Gasteiger partial charge in [0.15, 0.2) is 0 Å². The first kappa shape index (κ1) is 13.5. The van der Waals surface area contributed by atoms with Gasteiger partial charge in [0.05, 0.1) is 11.6 Å². The van der Waals surface area contributed by atoms with Crippen LogP contribution in [0.15, 0.2) is 12.1 Å². The van der Waals surface area contributed by atoms with E-state index in [1.807, 2.05) is 6.07 Å². The Morgan fingerprint density at radius 2 is 2.11 bits per heavy atom. The normalized spacial score (nSPS) is 23.6. The lowest BCUT2D eigenvalue weighted by Crippen LogP contribution is -2.34. The molecule has 0 amide bonds. The molecule has 1 aliphatic heterocycles. The molecule has 2 aliphatic rings. The minimum absolute atomic E-state index is 0.300. The van der Waals surface area contributed by atoms with Crippen LogP contribution in [0.4, 0.5) is 0 Å². The van der Waals surface area contributed by atoms with Crippen molar-refractivity contribution in [3.63, 3.8) is 0 Å². The van der Waals surface area contributed by atoms with Crippen molar-refractivity contribution >= 4 is 23.2 Å². The Labute approximate surface area is 124 Å². The van der Waals surface area contributed by atoms with Gasteiger partial charge in [-0.1, -0.05) is 36.0 Å². The molecule has 0 aromatic heterocycles. The third-order valence-electron chi connectivity index (χ3n) is 3.93. The van der Waals surface area contributed by atoms with Gasteiger partial charge in [-0.3, -0.25) is 0 Å². The average molecular weight is 300 g/mol. The molecule has 1 heterocycles. The van der Waals surface area contributed by atoms with Crippen molar-refractivity contribution in [2.45, 2.75) is 44.7 Å². The molecule has 104 valence electrons. The van der Waals surface area contributed by atoms with Gasteiger partial charge in [0.1, 0.15) is 5.75 Å². The van der Waals surface area contributed by atoms with Crippen LogP contribution in [-0.2, 0) is 0 Å². The molecule has 2 atom stereocenters. The smallest absolute Gasteiger partial charge is 0.142 e. The van der Waals surface area contributed by atoms with Crippen LogP contribution in [-0.4, -0.2) is 12.6 Å². The molecule has 0 radical (unpaired) electrons. The van der Waals surface area contributed by atoms with Crippen LogP contribution in [0.3, 0.4) is 0 Å². The van der Waals surface area contributed by atoms with Crippen molar-refractivity contribution in [1.29, 1.82) is 0 Å². The summed E-state index contributed by atoms with van der Waals surface area (Å²) in [6, 6.07) is 4.55. The van der Waals surface area contributed by atoms with Crippen LogP contribution in [0, 0.1) is 5.92 Å². The lowest BCUT2D eigenvalue weighted by atomic mass is 9.99. The van der Waals surface area contributed by atoms with Gasteiger partial charge in [-0.25, -0.2) is 0 Å². The summed E-state index contributed by atoms with van der Waals surface area (Å²) in [5.41, 5.74) is 1.10. The van der Waals surface area contributed by atoms with E-state index in [4.69, 9.17) is 27.9 Å². The maximum absolute atomic E-state index is 6.21. The minimum Gasteiger partial charge on any atom is -0.492 e. The van der Waals surface area contributed by atoms with E-state index in [0.717, 1.165) is 23.7 Å². The van der Waals surface area contributed by atoms with E-state index >= 15 is 0 Å². The fourth-order valence-corrected chi connectivity index (χ4v) is 3.43. The molecule has 0 spiro atoms. The Hall–Kier alpha value is -0.440. The van der Waals surface area contributed by atoms with Gasteiger partial charge >= 0.3 is 0 Å². The Bertz CT molecular complexity index is 473. The second-order valence-electron chi connectivity index (χ2n) is 5.74. The quantitative estimate of drug-likeness (QED) is 0.877. The van der Waals surface area contributed by atoms with Gasteiger partial charge in [0, 0.05) is 29.1 Å². The zero-order valence-corrected chi connectivity index (χ0v) is 12.6. The topological polar surface area (TPSA) is 21.3 Å². The summed E-state index contributed by atoms with van der Waals surface area (Å²) in [5.74, 6) is 1.73. The number of fused-ring (bicyclic) bond motifs is 1. The van der Waals surface area contributed by atoms with Crippen LogP contribution in [0.25, 0.3) is 0 Å². The van der Waals surface area contributed by atoms with Crippen molar-refractivity contribution < 1.29 is 4.74 Å². The number of hydrogen-bond donors (Lipinski definition) is 1. The number of ether oxygens (including phenoxy) is 1. The Morgan fingerprint density at radius 3 is 2.84 bits per heavy atom. The SMILES string of the molecule is CC(CC1CC1)NC1CCOc2c(Cl)cc(Cl)cc21. The largest absolute Gasteiger partial charge is 0.492 e. The molecule has 1 fully saturated rings. The Balaban J connectivity index is 1.77. The van der Waals surface area contributed by atoms with Crippen LogP contribution >= 0.6 is 23.2 Å². The number of nitrogens with one attached hydrogen (secondary N) is 1. The maximum Gasteiger partial charge on any atom is 0.142 e. The summed E-state index contributed by atoms with van der Waals surface area (Å²) in [6.45, 7) is 2.97. The van der Waals surface area contributed by atoms with E-state index < -0.39 is 0 Å². The highest BCUT2D eigenvalue weighted by Gasteiger charge is 2.28. The number of rotatable bonds is 4. The summed E-state index contributed by atoms with van der Waals surface area (Å²) < 4.78 is 5.68. The third kappa shape index (κ3) is 3.18. The number of benzene rings is 1. The second-order valence-corrected chi connectivity index (χ2v) is 6.59. The first-order chi connectivity index (χ1) is 9.13. The Kier molecular flexibility index (Phi) is 3.93. The van der Waals surface area contributed by atoms with E-state index in [1.54, 1.807) is 6.07 Å². The van der Waals surface area contributed by atoms with Gasteiger partial charge in [-0.2, -0.15) is 0 Å². The van der Waals surface area contributed by atoms with Gasteiger partial charge in [-0.15, -0.1) is 0 Å². The van der Waals surface area contributed by atoms with E-state index in [1.165, 1.54) is 19.3 Å². The lowest BCUT2D eigenvalue weighted by Gasteiger charge is -2.30. The van der Waals surface area contributed by atoms with Crippen molar-refractivity contribution in [2.75, 3.05) is 6.61 Å². The summed E-state index contributed by atoms with van der Waals surface area (Å²) in [7, 11) is 0. The van der Waals surface area contributed by atoms with Gasteiger partial charge < -0.3 is 10.1 Å². The first-order valence-electron chi connectivity index (χ1n) is 7.01. The van der Waals surface area contributed by atoms with Crippen molar-refractivity contribution in [3.05, 3.63) is 27.7 Å². The summed E-state index contributed by atoms with van der Waals surface area (Å²) in [4.78, 5) is 0. The molecule has 3 rings (SSSR count).